The highest BCUT2D eigenvalue weighted by molar-refractivity contribution is 4.79. The highest BCUT2D eigenvalue weighted by Crippen LogP contribution is 2.31. The average molecular weight is 347 g/mol. The van der Waals surface area contributed by atoms with Crippen LogP contribution in [0.3, 0.4) is 0 Å². The van der Waals surface area contributed by atoms with Crippen LogP contribution in [0.25, 0.3) is 0 Å². The summed E-state index contributed by atoms with van der Waals surface area (Å²) in [7, 11) is 0. The normalized spacial score (nSPS) is 16.2. The molecule has 0 aromatic heterocycles. The van der Waals surface area contributed by atoms with Gasteiger partial charge in [0.15, 0.2) is 0 Å². The van der Waals surface area contributed by atoms with Crippen molar-refractivity contribution in [3.8, 4) is 0 Å². The van der Waals surface area contributed by atoms with Gasteiger partial charge in [-0.2, -0.15) is 0 Å². The molecule has 0 aliphatic rings. The monoisotopic (exact) mass is 346 g/mol. The zero-order chi connectivity index (χ0) is 19.1. The minimum Gasteiger partial charge on any atom is -0.230 e. The molecule has 0 rings (SSSR count). The van der Waals surface area contributed by atoms with Gasteiger partial charge in [0.05, 0.1) is 16.8 Å². The summed E-state index contributed by atoms with van der Waals surface area (Å²) < 4.78 is 0. The van der Waals surface area contributed by atoms with Gasteiger partial charge in [-0.3, -0.25) is 0 Å². The lowest BCUT2D eigenvalue weighted by Crippen LogP contribution is -2.37. The molecule has 0 aromatic carbocycles. The predicted molar refractivity (Wildman–Crippen MR) is 99.7 cm³/mol. The number of rotatable bonds is 11. The molecule has 0 fully saturated rings. The van der Waals surface area contributed by atoms with Gasteiger partial charge in [-0.25, -0.2) is 19.6 Å². The van der Waals surface area contributed by atoms with Gasteiger partial charge >= 0.3 is 0 Å². The van der Waals surface area contributed by atoms with E-state index in [4.69, 9.17) is 19.6 Å². The lowest BCUT2D eigenvalue weighted by Gasteiger charge is -2.35. The van der Waals surface area contributed by atoms with Crippen molar-refractivity contribution >= 4 is 0 Å². The summed E-state index contributed by atoms with van der Waals surface area (Å²) in [5.41, 5.74) is -1.31. The van der Waals surface area contributed by atoms with E-state index in [9.17, 15) is 0 Å². The smallest absolute Gasteiger partial charge is 0.101 e. The number of unbranched alkanes of at least 4 members (excludes halogenated alkanes) is 2. The maximum absolute atomic E-state index is 5.89. The van der Waals surface area contributed by atoms with Gasteiger partial charge in [-0.05, 0) is 81.6 Å². The van der Waals surface area contributed by atoms with Crippen molar-refractivity contribution in [2.24, 2.45) is 0 Å². The summed E-state index contributed by atoms with van der Waals surface area (Å²) in [5, 5.41) is 0. The first-order valence-corrected chi connectivity index (χ1v) is 9.42. The molecule has 0 saturated heterocycles. The van der Waals surface area contributed by atoms with E-state index in [0.717, 1.165) is 25.7 Å². The van der Waals surface area contributed by atoms with Gasteiger partial charge in [0.25, 0.3) is 0 Å². The third kappa shape index (κ3) is 13.2. The van der Waals surface area contributed by atoms with Crippen molar-refractivity contribution in [2.75, 3.05) is 0 Å². The van der Waals surface area contributed by atoms with E-state index in [1.54, 1.807) is 0 Å². The Labute approximate surface area is 150 Å². The van der Waals surface area contributed by atoms with E-state index >= 15 is 0 Å². The molecule has 0 spiro atoms. The fourth-order valence-electron chi connectivity index (χ4n) is 2.03. The van der Waals surface area contributed by atoms with Crippen LogP contribution in [0.1, 0.15) is 108 Å². The van der Waals surface area contributed by atoms with Gasteiger partial charge in [-0.1, -0.05) is 26.2 Å². The highest BCUT2D eigenvalue weighted by Gasteiger charge is 2.33. The van der Waals surface area contributed by atoms with Crippen molar-refractivity contribution < 1.29 is 19.6 Å². The second-order valence-corrected chi connectivity index (χ2v) is 9.72. The quantitative estimate of drug-likeness (QED) is 0.247. The lowest BCUT2D eigenvalue weighted by atomic mass is 9.88. The van der Waals surface area contributed by atoms with Crippen LogP contribution in [0.2, 0.25) is 0 Å². The van der Waals surface area contributed by atoms with Crippen LogP contribution >= 0.6 is 0 Å². The van der Waals surface area contributed by atoms with Crippen molar-refractivity contribution in [1.29, 1.82) is 0 Å². The van der Waals surface area contributed by atoms with Gasteiger partial charge < -0.3 is 0 Å². The van der Waals surface area contributed by atoms with Crippen LogP contribution in [-0.2, 0) is 19.6 Å². The summed E-state index contributed by atoms with van der Waals surface area (Å²) in [5.74, 6) is 0. The van der Waals surface area contributed by atoms with E-state index < -0.39 is 0 Å². The maximum Gasteiger partial charge on any atom is 0.101 e. The van der Waals surface area contributed by atoms with E-state index in [0.29, 0.717) is 0 Å². The van der Waals surface area contributed by atoms with E-state index in [1.807, 2.05) is 41.5 Å². The Balaban J connectivity index is 4.67. The van der Waals surface area contributed by atoms with Crippen LogP contribution in [0.15, 0.2) is 0 Å². The molecule has 1 unspecified atom stereocenters. The summed E-state index contributed by atoms with van der Waals surface area (Å²) >= 11 is 0. The summed E-state index contributed by atoms with van der Waals surface area (Å²) in [6.45, 7) is 20.4. The number of hydrogen-bond acceptors (Lipinski definition) is 4. The molecule has 4 nitrogen and oxygen atoms in total. The van der Waals surface area contributed by atoms with E-state index in [-0.39, 0.29) is 22.4 Å². The Kier molecular flexibility index (Phi) is 9.45. The van der Waals surface area contributed by atoms with E-state index in [1.165, 1.54) is 12.8 Å². The first-order chi connectivity index (χ1) is 10.7. The standard InChI is InChI=1S/C20H42O4/c1-11-12-13-14-20(10,24-22-18(5,6)7)16-15-19(8,9)23-21-17(2,3)4/h11-16H2,1-10H3. The molecule has 0 aliphatic carbocycles. The van der Waals surface area contributed by atoms with Crippen LogP contribution in [0.5, 0.6) is 0 Å². The molecular weight excluding hydrogens is 304 g/mol. The predicted octanol–water partition coefficient (Wildman–Crippen LogP) is 6.38. The van der Waals surface area contributed by atoms with Gasteiger partial charge in [0.2, 0.25) is 0 Å². The van der Waals surface area contributed by atoms with Crippen LogP contribution in [0.4, 0.5) is 0 Å². The van der Waals surface area contributed by atoms with Crippen LogP contribution in [0, 0.1) is 0 Å². The largest absolute Gasteiger partial charge is 0.230 e. The summed E-state index contributed by atoms with van der Waals surface area (Å²) in [4.78, 5) is 22.7. The van der Waals surface area contributed by atoms with Crippen LogP contribution < -0.4 is 0 Å². The maximum atomic E-state index is 5.89. The van der Waals surface area contributed by atoms with Gasteiger partial charge in [0.1, 0.15) is 5.60 Å². The van der Waals surface area contributed by atoms with Crippen LogP contribution in [-0.4, -0.2) is 22.4 Å². The minimum atomic E-state index is -0.371. The third-order valence-corrected chi connectivity index (χ3v) is 3.58. The first kappa shape index (κ1) is 23.8. The molecule has 24 heavy (non-hydrogen) atoms. The Morgan fingerprint density at radius 1 is 0.542 bits per heavy atom. The minimum absolute atomic E-state index is 0.312. The Bertz CT molecular complexity index is 339. The van der Waals surface area contributed by atoms with Crippen molar-refractivity contribution in [3.05, 3.63) is 0 Å². The Hall–Kier alpha value is -0.160. The second-order valence-electron chi connectivity index (χ2n) is 9.72. The Morgan fingerprint density at radius 3 is 1.50 bits per heavy atom. The molecule has 0 saturated carbocycles. The average Bonchev–Trinajstić information content (AvgIpc) is 2.41. The molecule has 0 radical (unpaired) electrons. The summed E-state index contributed by atoms with van der Waals surface area (Å²) in [6.07, 6.45) is 6.21. The molecule has 0 aromatic rings. The van der Waals surface area contributed by atoms with Gasteiger partial charge in [0, 0.05) is 0 Å². The Morgan fingerprint density at radius 2 is 1.04 bits per heavy atom. The first-order valence-electron chi connectivity index (χ1n) is 9.42. The zero-order valence-electron chi connectivity index (χ0n) is 17.9. The fraction of sp³-hybridized carbons (Fsp3) is 1.00. The topological polar surface area (TPSA) is 36.9 Å². The van der Waals surface area contributed by atoms with Gasteiger partial charge in [-0.15, -0.1) is 0 Å². The lowest BCUT2D eigenvalue weighted by molar-refractivity contribution is -0.413. The fourth-order valence-corrected chi connectivity index (χ4v) is 2.03. The molecule has 0 aliphatic heterocycles. The van der Waals surface area contributed by atoms with Crippen molar-refractivity contribution in [2.45, 2.75) is 130 Å². The molecular formula is C20H42O4. The SMILES string of the molecule is CCCCCC(C)(CCC(C)(C)OOC(C)(C)C)OOC(C)(C)C. The molecule has 0 bridgehead atoms. The molecule has 4 heteroatoms. The molecule has 146 valence electrons. The van der Waals surface area contributed by atoms with Crippen molar-refractivity contribution in [1.82, 2.24) is 0 Å². The van der Waals surface area contributed by atoms with E-state index in [2.05, 4.69) is 27.7 Å². The number of hydrogen-bond donors (Lipinski definition) is 0. The molecule has 0 N–H and O–H groups in total. The highest BCUT2D eigenvalue weighted by atomic mass is 17.2. The second kappa shape index (κ2) is 9.51. The van der Waals surface area contributed by atoms with Crippen molar-refractivity contribution in [3.63, 3.8) is 0 Å². The zero-order valence-corrected chi connectivity index (χ0v) is 17.9. The molecule has 0 amide bonds. The third-order valence-electron chi connectivity index (χ3n) is 3.58. The summed E-state index contributed by atoms with van der Waals surface area (Å²) in [6, 6.07) is 0. The molecule has 1 atom stereocenters. The molecule has 0 heterocycles.